The number of sulfonamides is 2. The first-order valence-electron chi connectivity index (χ1n) is 16.3. The highest BCUT2D eigenvalue weighted by Gasteiger charge is 2.21. The molecule has 2 heterocycles. The number of halogens is 5. The van der Waals surface area contributed by atoms with E-state index in [0.717, 1.165) is 76.6 Å². The number of nitrogens with two attached hydrogens (primary N) is 2. The van der Waals surface area contributed by atoms with Crippen LogP contribution in [0.15, 0.2) is 88.7 Å². The van der Waals surface area contributed by atoms with Gasteiger partial charge in [0, 0.05) is 44.3 Å². The highest BCUT2D eigenvalue weighted by molar-refractivity contribution is 7.93. The van der Waals surface area contributed by atoms with E-state index in [0.29, 0.717) is 27.1 Å². The SMILES string of the molecule is Cl.Cl.Nc1cc(S(=O)(=O)Nc2ccc(Cl)cc2Cl)ccc1N1CCCNCC1.Nc1cc(S(=O)(=O)Nc2ccccc2Cl)ccc1N1CCCNCC1. The Kier molecular flexibility index (Phi) is 16.8. The predicted molar refractivity (Wildman–Crippen MR) is 225 cm³/mol. The lowest BCUT2D eigenvalue weighted by molar-refractivity contribution is 0.599. The van der Waals surface area contributed by atoms with Gasteiger partial charge in [-0.3, -0.25) is 9.44 Å². The van der Waals surface area contributed by atoms with Crippen LogP contribution in [-0.4, -0.2) is 69.2 Å². The third-order valence-corrected chi connectivity index (χ3v) is 11.9. The van der Waals surface area contributed by atoms with Gasteiger partial charge in [-0.1, -0.05) is 46.9 Å². The van der Waals surface area contributed by atoms with E-state index in [4.69, 9.17) is 46.3 Å². The molecule has 6 rings (SSSR count). The van der Waals surface area contributed by atoms with Gasteiger partial charge in [0.15, 0.2) is 0 Å². The molecule has 2 aliphatic heterocycles. The lowest BCUT2D eigenvalue weighted by Gasteiger charge is -2.24. The number of hydrogen-bond acceptors (Lipinski definition) is 10. The minimum Gasteiger partial charge on any atom is -0.397 e. The van der Waals surface area contributed by atoms with Crippen molar-refractivity contribution in [3.63, 3.8) is 0 Å². The zero-order chi connectivity index (χ0) is 36.6. The van der Waals surface area contributed by atoms with Crippen LogP contribution in [0.1, 0.15) is 12.8 Å². The monoisotopic (exact) mass is 866 g/mol. The van der Waals surface area contributed by atoms with Crippen LogP contribution >= 0.6 is 59.6 Å². The highest BCUT2D eigenvalue weighted by Crippen LogP contribution is 2.32. The Morgan fingerprint density at radius 3 is 1.49 bits per heavy atom. The Hall–Kier alpha value is -3.05. The summed E-state index contributed by atoms with van der Waals surface area (Å²) in [4.78, 5) is 4.53. The van der Waals surface area contributed by atoms with Gasteiger partial charge in [0.25, 0.3) is 20.0 Å². The van der Waals surface area contributed by atoms with E-state index in [1.54, 1.807) is 54.6 Å². The molecule has 4 aromatic rings. The van der Waals surface area contributed by atoms with Crippen molar-refractivity contribution in [1.29, 1.82) is 0 Å². The van der Waals surface area contributed by atoms with Crippen molar-refractivity contribution >= 4 is 114 Å². The highest BCUT2D eigenvalue weighted by atomic mass is 35.5. The molecule has 12 nitrogen and oxygen atoms in total. The molecule has 8 N–H and O–H groups in total. The van der Waals surface area contributed by atoms with Crippen LogP contribution in [-0.2, 0) is 20.0 Å². The smallest absolute Gasteiger partial charge is 0.262 e. The second-order valence-electron chi connectivity index (χ2n) is 11.9. The second-order valence-corrected chi connectivity index (χ2v) is 16.6. The Morgan fingerprint density at radius 1 is 0.566 bits per heavy atom. The summed E-state index contributed by atoms with van der Waals surface area (Å²) in [5, 5.41) is 7.66. The Morgan fingerprint density at radius 2 is 1.04 bits per heavy atom. The van der Waals surface area contributed by atoms with Gasteiger partial charge < -0.3 is 31.9 Å². The number of benzene rings is 4. The fourth-order valence-corrected chi connectivity index (χ4v) is 8.65. The van der Waals surface area contributed by atoms with Gasteiger partial charge in [-0.15, -0.1) is 24.8 Å². The van der Waals surface area contributed by atoms with Crippen LogP contribution in [0, 0.1) is 0 Å². The summed E-state index contributed by atoms with van der Waals surface area (Å²) in [6, 6.07) is 20.9. The molecular weight excluding hydrogens is 826 g/mol. The summed E-state index contributed by atoms with van der Waals surface area (Å²) < 4.78 is 55.5. The van der Waals surface area contributed by atoms with E-state index in [-0.39, 0.29) is 45.3 Å². The van der Waals surface area contributed by atoms with Crippen molar-refractivity contribution in [2.75, 3.05) is 83.1 Å². The van der Waals surface area contributed by atoms with Gasteiger partial charge in [-0.25, -0.2) is 16.8 Å². The van der Waals surface area contributed by atoms with Gasteiger partial charge in [0.2, 0.25) is 0 Å². The maximum atomic E-state index is 12.7. The molecule has 53 heavy (non-hydrogen) atoms. The van der Waals surface area contributed by atoms with Crippen LogP contribution < -0.4 is 41.3 Å². The van der Waals surface area contributed by atoms with Gasteiger partial charge in [0.1, 0.15) is 0 Å². The van der Waals surface area contributed by atoms with Gasteiger partial charge in [-0.2, -0.15) is 0 Å². The molecule has 0 atom stereocenters. The number of nitrogens with zero attached hydrogens (tertiary/aromatic N) is 2. The molecule has 2 fully saturated rings. The van der Waals surface area contributed by atoms with E-state index >= 15 is 0 Å². The number of nitrogen functional groups attached to an aromatic ring is 2. The van der Waals surface area contributed by atoms with Gasteiger partial charge >= 0.3 is 0 Å². The largest absolute Gasteiger partial charge is 0.397 e. The maximum Gasteiger partial charge on any atom is 0.262 e. The lowest BCUT2D eigenvalue weighted by atomic mass is 10.2. The summed E-state index contributed by atoms with van der Waals surface area (Å²) in [5.74, 6) is 0. The van der Waals surface area contributed by atoms with Crippen molar-refractivity contribution in [1.82, 2.24) is 10.6 Å². The Balaban J connectivity index is 0.000000275. The molecule has 0 amide bonds. The molecule has 2 saturated heterocycles. The third-order valence-electron chi connectivity index (χ3n) is 8.27. The molecule has 0 aliphatic carbocycles. The molecule has 19 heteroatoms. The summed E-state index contributed by atoms with van der Waals surface area (Å²) in [5.41, 5.74) is 15.5. The number of rotatable bonds is 8. The van der Waals surface area contributed by atoms with Crippen LogP contribution in [0.3, 0.4) is 0 Å². The molecule has 0 saturated carbocycles. The summed E-state index contributed by atoms with van der Waals surface area (Å²) in [7, 11) is -7.57. The number of hydrogen-bond donors (Lipinski definition) is 6. The number of para-hydroxylation sites is 1. The molecule has 0 spiro atoms. The molecule has 2 aliphatic rings. The fraction of sp³-hybridized carbons (Fsp3) is 0.294. The molecule has 0 unspecified atom stereocenters. The molecule has 0 bridgehead atoms. The first kappa shape index (κ1) is 44.3. The number of nitrogens with one attached hydrogen (secondary N) is 4. The Labute approximate surface area is 338 Å². The quantitative estimate of drug-likeness (QED) is 0.107. The lowest BCUT2D eigenvalue weighted by Crippen LogP contribution is -2.28. The zero-order valence-electron chi connectivity index (χ0n) is 28.5. The first-order chi connectivity index (χ1) is 24.3. The second kappa shape index (κ2) is 20.0. The minimum atomic E-state index is -3.81. The van der Waals surface area contributed by atoms with E-state index in [1.807, 2.05) is 0 Å². The van der Waals surface area contributed by atoms with Crippen molar-refractivity contribution < 1.29 is 16.8 Å². The van der Waals surface area contributed by atoms with E-state index in [2.05, 4.69) is 29.9 Å². The summed E-state index contributed by atoms with van der Waals surface area (Å²) >= 11 is 17.9. The van der Waals surface area contributed by atoms with Gasteiger partial charge in [0.05, 0.1) is 54.0 Å². The normalized spacial score (nSPS) is 15.0. The predicted octanol–water partition coefficient (Wildman–Crippen LogP) is 6.54. The molecular formula is C34H43Cl5N8O4S2. The van der Waals surface area contributed by atoms with Crippen molar-refractivity contribution in [2.45, 2.75) is 22.6 Å². The van der Waals surface area contributed by atoms with E-state index in [9.17, 15) is 16.8 Å². The average Bonchev–Trinajstić information content (AvgIpc) is 3.53. The van der Waals surface area contributed by atoms with E-state index < -0.39 is 20.0 Å². The van der Waals surface area contributed by atoms with Crippen LogP contribution in [0.5, 0.6) is 0 Å². The molecule has 0 radical (unpaired) electrons. The summed E-state index contributed by atoms with van der Waals surface area (Å²) in [6.45, 7) is 7.13. The number of anilines is 6. The molecule has 290 valence electrons. The third kappa shape index (κ3) is 12.0. The first-order valence-corrected chi connectivity index (χ1v) is 20.4. The topological polar surface area (TPSA) is 175 Å². The van der Waals surface area contributed by atoms with Crippen molar-refractivity contribution in [3.05, 3.63) is 93.9 Å². The van der Waals surface area contributed by atoms with Crippen LogP contribution in [0.2, 0.25) is 15.1 Å². The van der Waals surface area contributed by atoms with Crippen molar-refractivity contribution in [3.8, 4) is 0 Å². The van der Waals surface area contributed by atoms with Crippen LogP contribution in [0.4, 0.5) is 34.1 Å². The standard InChI is InChI=1S/C17H20Cl2N4O2S.C17H21ClN4O2S.2ClH/c18-12-2-4-16(14(19)10-12)22-26(24,25)13-3-5-17(15(20)11-13)23-8-1-6-21-7-9-23;18-14-4-1-2-5-16(14)21-25(23,24)13-6-7-17(15(19)12-13)22-10-3-8-20-9-11-22;;/h2-5,10-11,21-22H,1,6-9,20H2;1-2,4-7,12,20-21H,3,8-11,19H2;2*1H. The minimum absolute atomic E-state index is 0. The fourth-order valence-electron chi connectivity index (χ4n) is 5.67. The summed E-state index contributed by atoms with van der Waals surface area (Å²) in [6.07, 6.45) is 2.03. The maximum absolute atomic E-state index is 12.7. The molecule has 0 aromatic heterocycles. The van der Waals surface area contributed by atoms with Gasteiger partial charge in [-0.05, 0) is 92.7 Å². The van der Waals surface area contributed by atoms with Crippen molar-refractivity contribution in [2.24, 2.45) is 0 Å². The average molecular weight is 869 g/mol. The van der Waals surface area contributed by atoms with Crippen LogP contribution in [0.25, 0.3) is 0 Å². The van der Waals surface area contributed by atoms with E-state index in [1.165, 1.54) is 24.3 Å². The zero-order valence-corrected chi connectivity index (χ0v) is 34.1. The molecule has 4 aromatic carbocycles. The Bertz CT molecular complexity index is 2050.